The zero-order valence-electron chi connectivity index (χ0n) is 9.19. The zero-order valence-corrected chi connectivity index (χ0v) is 9.19. The van der Waals surface area contributed by atoms with Crippen molar-refractivity contribution in [3.05, 3.63) is 0 Å². The van der Waals surface area contributed by atoms with Crippen LogP contribution in [0.3, 0.4) is 0 Å². The Morgan fingerprint density at radius 3 is 2.40 bits per heavy atom. The molecule has 0 aromatic carbocycles. The minimum Gasteiger partial charge on any atom is -0.396 e. The monoisotopic (exact) mass is 215 g/mol. The van der Waals surface area contributed by atoms with Gasteiger partial charge in [-0.15, -0.1) is 0 Å². The molecule has 88 valence electrons. The van der Waals surface area contributed by atoms with E-state index in [4.69, 9.17) is 10.2 Å². The van der Waals surface area contributed by atoms with Crippen molar-refractivity contribution in [2.45, 2.75) is 44.6 Å². The minimum absolute atomic E-state index is 0.0291. The molecule has 1 fully saturated rings. The SMILES string of the molecule is O=C(CCCO)N(CCO)C1CCCC1. The zero-order chi connectivity index (χ0) is 11.1. The van der Waals surface area contributed by atoms with E-state index in [1.54, 1.807) is 4.90 Å². The number of hydrogen-bond donors (Lipinski definition) is 2. The Morgan fingerprint density at radius 2 is 1.87 bits per heavy atom. The standard InChI is InChI=1S/C11H21NO3/c13-8-3-6-11(15)12(7-9-14)10-4-1-2-5-10/h10,13-14H,1-9H2. The summed E-state index contributed by atoms with van der Waals surface area (Å²) in [5, 5.41) is 17.6. The summed E-state index contributed by atoms with van der Waals surface area (Å²) < 4.78 is 0. The topological polar surface area (TPSA) is 60.8 Å². The first-order valence-corrected chi connectivity index (χ1v) is 5.80. The number of amides is 1. The molecule has 15 heavy (non-hydrogen) atoms. The van der Waals surface area contributed by atoms with Gasteiger partial charge in [0, 0.05) is 25.6 Å². The van der Waals surface area contributed by atoms with Crippen molar-refractivity contribution in [1.82, 2.24) is 4.90 Å². The molecule has 4 nitrogen and oxygen atoms in total. The van der Waals surface area contributed by atoms with Crippen LogP contribution in [0.15, 0.2) is 0 Å². The summed E-state index contributed by atoms with van der Waals surface area (Å²) in [7, 11) is 0. The number of rotatable bonds is 6. The number of carbonyl (C=O) groups is 1. The second-order valence-corrected chi connectivity index (χ2v) is 4.08. The van der Waals surface area contributed by atoms with Gasteiger partial charge in [-0.25, -0.2) is 0 Å². The first kappa shape index (κ1) is 12.5. The van der Waals surface area contributed by atoms with Gasteiger partial charge in [0.1, 0.15) is 0 Å². The van der Waals surface area contributed by atoms with Gasteiger partial charge < -0.3 is 15.1 Å². The number of aliphatic hydroxyl groups excluding tert-OH is 2. The third kappa shape index (κ3) is 3.80. The highest BCUT2D eigenvalue weighted by molar-refractivity contribution is 5.76. The van der Waals surface area contributed by atoms with Crippen molar-refractivity contribution in [2.75, 3.05) is 19.8 Å². The van der Waals surface area contributed by atoms with Crippen molar-refractivity contribution in [2.24, 2.45) is 0 Å². The second kappa shape index (κ2) is 6.80. The highest BCUT2D eigenvalue weighted by Gasteiger charge is 2.25. The average molecular weight is 215 g/mol. The fraction of sp³-hybridized carbons (Fsp3) is 0.909. The van der Waals surface area contributed by atoms with Crippen LogP contribution < -0.4 is 0 Å². The first-order valence-electron chi connectivity index (χ1n) is 5.80. The van der Waals surface area contributed by atoms with Gasteiger partial charge in [-0.1, -0.05) is 12.8 Å². The quantitative estimate of drug-likeness (QED) is 0.679. The summed E-state index contributed by atoms with van der Waals surface area (Å²) in [5.74, 6) is 0.0741. The van der Waals surface area contributed by atoms with E-state index in [-0.39, 0.29) is 19.1 Å². The van der Waals surface area contributed by atoms with Gasteiger partial charge in [-0.3, -0.25) is 4.79 Å². The highest BCUT2D eigenvalue weighted by Crippen LogP contribution is 2.23. The van der Waals surface area contributed by atoms with Gasteiger partial charge in [-0.05, 0) is 19.3 Å². The van der Waals surface area contributed by atoms with Gasteiger partial charge in [0.25, 0.3) is 0 Å². The lowest BCUT2D eigenvalue weighted by molar-refractivity contribution is -0.134. The normalized spacial score (nSPS) is 16.9. The van der Waals surface area contributed by atoms with Crippen molar-refractivity contribution < 1.29 is 15.0 Å². The van der Waals surface area contributed by atoms with E-state index in [0.29, 0.717) is 25.4 Å². The van der Waals surface area contributed by atoms with Gasteiger partial charge in [0.05, 0.1) is 6.61 Å². The smallest absolute Gasteiger partial charge is 0.222 e. The molecule has 4 heteroatoms. The van der Waals surface area contributed by atoms with Crippen LogP contribution >= 0.6 is 0 Å². The summed E-state index contributed by atoms with van der Waals surface area (Å²) in [5.41, 5.74) is 0. The van der Waals surface area contributed by atoms with Crippen molar-refractivity contribution in [3.63, 3.8) is 0 Å². The lowest BCUT2D eigenvalue weighted by Crippen LogP contribution is -2.40. The van der Waals surface area contributed by atoms with E-state index in [1.165, 1.54) is 12.8 Å². The molecular formula is C11H21NO3. The van der Waals surface area contributed by atoms with Crippen LogP contribution in [0.1, 0.15) is 38.5 Å². The van der Waals surface area contributed by atoms with E-state index in [9.17, 15) is 4.79 Å². The lowest BCUT2D eigenvalue weighted by atomic mass is 10.2. The first-order chi connectivity index (χ1) is 7.29. The van der Waals surface area contributed by atoms with Gasteiger partial charge >= 0.3 is 0 Å². The summed E-state index contributed by atoms with van der Waals surface area (Å²) >= 11 is 0. The second-order valence-electron chi connectivity index (χ2n) is 4.08. The third-order valence-corrected chi connectivity index (χ3v) is 2.98. The molecule has 0 aliphatic heterocycles. The summed E-state index contributed by atoms with van der Waals surface area (Å²) in [6.45, 7) is 0.527. The fourth-order valence-corrected chi connectivity index (χ4v) is 2.21. The van der Waals surface area contributed by atoms with Gasteiger partial charge in [-0.2, -0.15) is 0 Å². The van der Waals surface area contributed by atoms with E-state index < -0.39 is 0 Å². The molecule has 1 aliphatic rings. The Kier molecular flexibility index (Phi) is 5.65. The van der Waals surface area contributed by atoms with Crippen molar-refractivity contribution in [3.8, 4) is 0 Å². The van der Waals surface area contributed by atoms with Gasteiger partial charge in [0.15, 0.2) is 0 Å². The van der Waals surface area contributed by atoms with Crippen LogP contribution in [0.25, 0.3) is 0 Å². The van der Waals surface area contributed by atoms with E-state index in [2.05, 4.69) is 0 Å². The van der Waals surface area contributed by atoms with Crippen LogP contribution in [-0.4, -0.2) is 46.8 Å². The minimum atomic E-state index is 0.0291. The van der Waals surface area contributed by atoms with Crippen LogP contribution in [0.2, 0.25) is 0 Å². The molecule has 0 atom stereocenters. The van der Waals surface area contributed by atoms with Crippen LogP contribution in [0.4, 0.5) is 0 Å². The van der Waals surface area contributed by atoms with E-state index in [1.807, 2.05) is 0 Å². The molecule has 1 saturated carbocycles. The highest BCUT2D eigenvalue weighted by atomic mass is 16.3. The van der Waals surface area contributed by atoms with Crippen LogP contribution in [0.5, 0.6) is 0 Å². The van der Waals surface area contributed by atoms with Gasteiger partial charge in [0.2, 0.25) is 5.91 Å². The number of aliphatic hydroxyl groups is 2. The average Bonchev–Trinajstić information content (AvgIpc) is 2.75. The Morgan fingerprint density at radius 1 is 1.20 bits per heavy atom. The molecule has 0 aromatic heterocycles. The van der Waals surface area contributed by atoms with E-state index >= 15 is 0 Å². The Labute approximate surface area is 90.9 Å². The molecule has 0 saturated heterocycles. The molecule has 0 radical (unpaired) electrons. The molecule has 2 N–H and O–H groups in total. The molecule has 1 rings (SSSR count). The van der Waals surface area contributed by atoms with Crippen LogP contribution in [-0.2, 0) is 4.79 Å². The van der Waals surface area contributed by atoms with Crippen molar-refractivity contribution >= 4 is 5.91 Å². The van der Waals surface area contributed by atoms with Crippen molar-refractivity contribution in [1.29, 1.82) is 0 Å². The molecule has 0 aromatic rings. The maximum Gasteiger partial charge on any atom is 0.222 e. The number of carbonyl (C=O) groups excluding carboxylic acids is 1. The van der Waals surface area contributed by atoms with E-state index in [0.717, 1.165) is 12.8 Å². The number of nitrogens with zero attached hydrogens (tertiary/aromatic N) is 1. The maximum atomic E-state index is 11.8. The predicted molar refractivity (Wildman–Crippen MR) is 57.4 cm³/mol. The molecule has 1 amide bonds. The molecule has 0 unspecified atom stereocenters. The third-order valence-electron chi connectivity index (χ3n) is 2.98. The molecular weight excluding hydrogens is 194 g/mol. The Bertz CT molecular complexity index is 190. The number of hydrogen-bond acceptors (Lipinski definition) is 3. The molecule has 0 heterocycles. The maximum absolute atomic E-state index is 11.8. The molecule has 1 aliphatic carbocycles. The summed E-state index contributed by atoms with van der Waals surface area (Å²) in [6, 6.07) is 0.323. The predicted octanol–water partition coefficient (Wildman–Crippen LogP) is 0.522. The Hall–Kier alpha value is -0.610. The molecule has 0 bridgehead atoms. The summed E-state index contributed by atoms with van der Waals surface area (Å²) in [6.07, 6.45) is 5.40. The Balaban J connectivity index is 2.43. The fourth-order valence-electron chi connectivity index (χ4n) is 2.21. The summed E-state index contributed by atoms with van der Waals surface area (Å²) in [4.78, 5) is 13.6. The van der Waals surface area contributed by atoms with Crippen LogP contribution in [0, 0.1) is 0 Å². The molecule has 0 spiro atoms. The largest absolute Gasteiger partial charge is 0.396 e. The lowest BCUT2D eigenvalue weighted by Gasteiger charge is -2.28.